The normalized spacial score (nSPS) is 11.5. The molecule has 0 aromatic heterocycles. The SMILES string of the molecule is COC(CC[N+](C)(C)C)OC.[Br-]. The molecule has 0 fully saturated rings. The van der Waals surface area contributed by atoms with Gasteiger partial charge in [-0.25, -0.2) is 0 Å². The standard InChI is InChI=1S/C8H20NO2.BrH/c1-9(2,3)7-6-8(10-4)11-5;/h8H,6-7H2,1-5H3;1H/q+1;/p-1. The lowest BCUT2D eigenvalue weighted by Gasteiger charge is -2.25. The Bertz CT molecular complexity index is 99.7. The van der Waals surface area contributed by atoms with Gasteiger partial charge in [0.1, 0.15) is 0 Å². The Balaban J connectivity index is 0. The van der Waals surface area contributed by atoms with Crippen molar-refractivity contribution in [3.05, 3.63) is 0 Å². The summed E-state index contributed by atoms with van der Waals surface area (Å²) in [5, 5.41) is 0. The van der Waals surface area contributed by atoms with Crippen molar-refractivity contribution in [2.75, 3.05) is 41.9 Å². The second-order valence-electron chi connectivity index (χ2n) is 3.70. The lowest BCUT2D eigenvalue weighted by Crippen LogP contribution is -3.00. The molecule has 0 spiro atoms. The van der Waals surface area contributed by atoms with Gasteiger partial charge in [0.15, 0.2) is 6.29 Å². The smallest absolute Gasteiger partial charge is 0.162 e. The van der Waals surface area contributed by atoms with Crippen LogP contribution < -0.4 is 17.0 Å². The summed E-state index contributed by atoms with van der Waals surface area (Å²) in [6.07, 6.45) is 0.892. The Morgan fingerprint density at radius 3 is 1.75 bits per heavy atom. The second kappa shape index (κ2) is 6.83. The Labute approximate surface area is 86.0 Å². The third-order valence-corrected chi connectivity index (χ3v) is 1.56. The van der Waals surface area contributed by atoms with E-state index in [1.165, 1.54) is 0 Å². The molecule has 3 nitrogen and oxygen atoms in total. The summed E-state index contributed by atoms with van der Waals surface area (Å²) in [5.74, 6) is 0. The van der Waals surface area contributed by atoms with Crippen LogP contribution in [0.3, 0.4) is 0 Å². The molecule has 0 amide bonds. The fraction of sp³-hybridized carbons (Fsp3) is 1.00. The van der Waals surface area contributed by atoms with Gasteiger partial charge in [-0.3, -0.25) is 0 Å². The third-order valence-electron chi connectivity index (χ3n) is 1.56. The Morgan fingerprint density at radius 1 is 1.08 bits per heavy atom. The fourth-order valence-electron chi connectivity index (χ4n) is 0.825. The van der Waals surface area contributed by atoms with Crippen molar-refractivity contribution >= 4 is 0 Å². The van der Waals surface area contributed by atoms with Crippen LogP contribution in [-0.4, -0.2) is 52.7 Å². The highest BCUT2D eigenvalue weighted by Gasteiger charge is 2.12. The first-order chi connectivity index (χ1) is 4.99. The van der Waals surface area contributed by atoms with Gasteiger partial charge in [-0.15, -0.1) is 0 Å². The molecule has 12 heavy (non-hydrogen) atoms. The van der Waals surface area contributed by atoms with Crippen LogP contribution in [0.2, 0.25) is 0 Å². The molecule has 76 valence electrons. The average molecular weight is 242 g/mol. The summed E-state index contributed by atoms with van der Waals surface area (Å²) < 4.78 is 11.1. The topological polar surface area (TPSA) is 18.5 Å². The molecule has 0 bridgehead atoms. The molecule has 0 saturated heterocycles. The molecule has 0 aromatic carbocycles. The zero-order valence-electron chi connectivity index (χ0n) is 8.63. The van der Waals surface area contributed by atoms with Crippen LogP contribution in [0.4, 0.5) is 0 Å². The van der Waals surface area contributed by atoms with Crippen molar-refractivity contribution < 1.29 is 30.9 Å². The fourth-order valence-corrected chi connectivity index (χ4v) is 0.825. The zero-order valence-corrected chi connectivity index (χ0v) is 10.2. The maximum absolute atomic E-state index is 5.06. The van der Waals surface area contributed by atoms with E-state index in [0.29, 0.717) is 0 Å². The van der Waals surface area contributed by atoms with Gasteiger partial charge in [-0.05, 0) is 0 Å². The minimum atomic E-state index is -0.0488. The summed E-state index contributed by atoms with van der Waals surface area (Å²) >= 11 is 0. The van der Waals surface area contributed by atoms with E-state index in [-0.39, 0.29) is 23.3 Å². The van der Waals surface area contributed by atoms with E-state index in [0.717, 1.165) is 17.4 Å². The molecule has 0 radical (unpaired) electrons. The van der Waals surface area contributed by atoms with Crippen LogP contribution in [0, 0.1) is 0 Å². The maximum Gasteiger partial charge on any atom is 0.162 e. The van der Waals surface area contributed by atoms with Gasteiger partial charge in [0.05, 0.1) is 27.7 Å². The molecule has 0 heterocycles. The molecule has 4 heteroatoms. The molecule has 0 aliphatic heterocycles. The lowest BCUT2D eigenvalue weighted by molar-refractivity contribution is -0.871. The van der Waals surface area contributed by atoms with Crippen LogP contribution in [0.15, 0.2) is 0 Å². The summed E-state index contributed by atoms with van der Waals surface area (Å²) in [5.41, 5.74) is 0. The van der Waals surface area contributed by atoms with Crippen LogP contribution in [-0.2, 0) is 9.47 Å². The van der Waals surface area contributed by atoms with Crippen molar-refractivity contribution in [3.8, 4) is 0 Å². The molecular weight excluding hydrogens is 222 g/mol. The number of ether oxygens (including phenoxy) is 2. The Hall–Kier alpha value is 0.360. The van der Waals surface area contributed by atoms with E-state index in [1.54, 1.807) is 14.2 Å². The van der Waals surface area contributed by atoms with Crippen LogP contribution in [0.25, 0.3) is 0 Å². The van der Waals surface area contributed by atoms with Crippen molar-refractivity contribution in [1.29, 1.82) is 0 Å². The summed E-state index contributed by atoms with van der Waals surface area (Å²) in [6, 6.07) is 0. The first kappa shape index (κ1) is 14.9. The predicted octanol–water partition coefficient (Wildman–Crippen LogP) is -2.29. The third kappa shape index (κ3) is 8.46. The van der Waals surface area contributed by atoms with Gasteiger partial charge < -0.3 is 30.9 Å². The highest BCUT2D eigenvalue weighted by molar-refractivity contribution is 4.40. The number of hydrogen-bond donors (Lipinski definition) is 0. The lowest BCUT2D eigenvalue weighted by atomic mass is 10.3. The molecule has 0 unspecified atom stereocenters. The molecule has 0 aromatic rings. The monoisotopic (exact) mass is 241 g/mol. The Morgan fingerprint density at radius 2 is 1.50 bits per heavy atom. The first-order valence-corrected chi connectivity index (χ1v) is 3.85. The van der Waals surface area contributed by atoms with E-state index < -0.39 is 0 Å². The van der Waals surface area contributed by atoms with Gasteiger partial charge in [-0.2, -0.15) is 0 Å². The molecule has 0 rings (SSSR count). The van der Waals surface area contributed by atoms with Crippen molar-refractivity contribution in [1.82, 2.24) is 0 Å². The van der Waals surface area contributed by atoms with Crippen LogP contribution in [0.1, 0.15) is 6.42 Å². The van der Waals surface area contributed by atoms with Crippen molar-refractivity contribution in [2.45, 2.75) is 12.7 Å². The summed E-state index contributed by atoms with van der Waals surface area (Å²) in [4.78, 5) is 0. The van der Waals surface area contributed by atoms with E-state index in [4.69, 9.17) is 9.47 Å². The van der Waals surface area contributed by atoms with E-state index >= 15 is 0 Å². The minimum absolute atomic E-state index is 0. The average Bonchev–Trinajstić information content (AvgIpc) is 1.88. The second-order valence-corrected chi connectivity index (χ2v) is 3.70. The molecular formula is C8H20BrNO2. The highest BCUT2D eigenvalue weighted by Crippen LogP contribution is 2.01. The molecule has 0 atom stereocenters. The van der Waals surface area contributed by atoms with Gasteiger partial charge in [0.2, 0.25) is 0 Å². The van der Waals surface area contributed by atoms with Gasteiger partial charge in [0.25, 0.3) is 0 Å². The van der Waals surface area contributed by atoms with E-state index in [1.807, 2.05) is 0 Å². The van der Waals surface area contributed by atoms with Gasteiger partial charge in [-0.1, -0.05) is 0 Å². The number of quaternary nitrogens is 1. The number of rotatable bonds is 5. The van der Waals surface area contributed by atoms with E-state index in [9.17, 15) is 0 Å². The molecule has 0 aliphatic rings. The van der Waals surface area contributed by atoms with Crippen molar-refractivity contribution in [2.24, 2.45) is 0 Å². The number of methoxy groups -OCH3 is 2. The Kier molecular flexibility index (Phi) is 8.46. The number of hydrogen-bond acceptors (Lipinski definition) is 2. The quantitative estimate of drug-likeness (QED) is 0.399. The largest absolute Gasteiger partial charge is 1.00 e. The molecule has 0 N–H and O–H groups in total. The van der Waals surface area contributed by atoms with Gasteiger partial charge >= 0.3 is 0 Å². The van der Waals surface area contributed by atoms with Crippen molar-refractivity contribution in [3.63, 3.8) is 0 Å². The molecule has 0 aliphatic carbocycles. The summed E-state index contributed by atoms with van der Waals surface area (Å²) in [7, 11) is 9.81. The predicted molar refractivity (Wildman–Crippen MR) is 45.3 cm³/mol. The van der Waals surface area contributed by atoms with Crippen LogP contribution in [0.5, 0.6) is 0 Å². The van der Waals surface area contributed by atoms with Crippen LogP contribution >= 0.6 is 0 Å². The molecule has 0 saturated carbocycles. The number of halogens is 1. The van der Waals surface area contributed by atoms with E-state index in [2.05, 4.69) is 21.1 Å². The minimum Gasteiger partial charge on any atom is -1.00 e. The number of nitrogens with zero attached hydrogens (tertiary/aromatic N) is 1. The highest BCUT2D eigenvalue weighted by atomic mass is 79.9. The van der Waals surface area contributed by atoms with Gasteiger partial charge in [0, 0.05) is 20.6 Å². The summed E-state index contributed by atoms with van der Waals surface area (Å²) in [6.45, 7) is 1.06. The first-order valence-electron chi connectivity index (χ1n) is 3.85. The zero-order chi connectivity index (χ0) is 8.91. The maximum atomic E-state index is 5.06.